The molecule has 0 saturated carbocycles. The number of aromatic nitrogens is 1. The van der Waals surface area contributed by atoms with E-state index >= 15 is 0 Å². The monoisotopic (exact) mass is 383 g/mol. The number of pyridine rings is 1. The van der Waals surface area contributed by atoms with Gasteiger partial charge in [0.25, 0.3) is 5.91 Å². The topological polar surface area (TPSA) is 72.0 Å². The number of carbonyl (C=O) groups excluding carboxylic acids is 2. The van der Waals surface area contributed by atoms with E-state index in [1.165, 1.54) is 0 Å². The molecule has 7 heteroatoms. The van der Waals surface area contributed by atoms with E-state index < -0.39 is 0 Å². The molecule has 1 aliphatic heterocycles. The number of carbonyl (C=O) groups is 2. The van der Waals surface area contributed by atoms with Gasteiger partial charge in [-0.3, -0.25) is 14.6 Å². The Kier molecular flexibility index (Phi) is 6.38. The third-order valence-corrected chi connectivity index (χ3v) is 4.79. The maximum atomic E-state index is 12.4. The molecule has 3 rings (SSSR count). The molecule has 1 saturated heterocycles. The van der Waals surface area contributed by atoms with Crippen LogP contribution >= 0.6 is 0 Å². The summed E-state index contributed by atoms with van der Waals surface area (Å²) in [6, 6.07) is 9.15. The van der Waals surface area contributed by atoms with Crippen LogP contribution in [0.2, 0.25) is 0 Å². The lowest BCUT2D eigenvalue weighted by molar-refractivity contribution is -0.149. The molecule has 1 fully saturated rings. The first-order chi connectivity index (χ1) is 13.5. The lowest BCUT2D eigenvalue weighted by Gasteiger charge is -2.36. The maximum absolute atomic E-state index is 12.4. The zero-order valence-electron chi connectivity index (χ0n) is 16.4. The Morgan fingerprint density at radius 1 is 1.29 bits per heavy atom. The van der Waals surface area contributed by atoms with E-state index in [0.29, 0.717) is 25.3 Å². The molecule has 2 heterocycles. The first-order valence-corrected chi connectivity index (χ1v) is 9.15. The minimum atomic E-state index is -0.233. The van der Waals surface area contributed by atoms with Crippen LogP contribution < -0.4 is 0 Å². The van der Waals surface area contributed by atoms with Gasteiger partial charge < -0.3 is 19.3 Å². The summed E-state index contributed by atoms with van der Waals surface area (Å²) in [6.07, 6.45) is 3.50. The summed E-state index contributed by atoms with van der Waals surface area (Å²) in [5.74, 6) is -0.103. The molecule has 28 heavy (non-hydrogen) atoms. The lowest BCUT2D eigenvalue weighted by Crippen LogP contribution is -2.45. The van der Waals surface area contributed by atoms with E-state index in [4.69, 9.17) is 9.47 Å². The van der Waals surface area contributed by atoms with Gasteiger partial charge in [-0.1, -0.05) is 12.1 Å². The van der Waals surface area contributed by atoms with E-state index in [1.54, 1.807) is 43.4 Å². The van der Waals surface area contributed by atoms with Gasteiger partial charge in [-0.25, -0.2) is 0 Å². The summed E-state index contributed by atoms with van der Waals surface area (Å²) in [5.41, 5.74) is 3.46. The van der Waals surface area contributed by atoms with Crippen molar-refractivity contribution in [2.24, 2.45) is 0 Å². The highest BCUT2D eigenvalue weighted by atomic mass is 16.5. The number of nitrogens with zero attached hydrogens (tertiary/aromatic N) is 3. The van der Waals surface area contributed by atoms with Crippen molar-refractivity contribution in [1.29, 1.82) is 0 Å². The van der Waals surface area contributed by atoms with Gasteiger partial charge in [0, 0.05) is 51.3 Å². The first-order valence-electron chi connectivity index (χ1n) is 9.15. The van der Waals surface area contributed by atoms with Gasteiger partial charge in [-0.15, -0.1) is 0 Å². The predicted octanol–water partition coefficient (Wildman–Crippen LogP) is 2.00. The van der Waals surface area contributed by atoms with Crippen LogP contribution in [-0.2, 0) is 14.3 Å². The Hall–Kier alpha value is -2.77. The summed E-state index contributed by atoms with van der Waals surface area (Å²) in [4.78, 5) is 32.1. The van der Waals surface area contributed by atoms with Gasteiger partial charge in [0.1, 0.15) is 6.61 Å². The Bertz CT molecular complexity index is 836. The Balaban J connectivity index is 1.94. The molecule has 1 aliphatic rings. The van der Waals surface area contributed by atoms with Crippen LogP contribution in [0.25, 0.3) is 11.1 Å². The second kappa shape index (κ2) is 8.95. The number of hydrogen-bond donors (Lipinski definition) is 0. The van der Waals surface area contributed by atoms with E-state index in [1.807, 2.05) is 30.3 Å². The quantitative estimate of drug-likeness (QED) is 0.763. The minimum Gasteiger partial charge on any atom is -0.383 e. The van der Waals surface area contributed by atoms with Gasteiger partial charge >= 0.3 is 0 Å². The number of ether oxygens (including phenoxy) is 2. The average molecular weight is 383 g/mol. The summed E-state index contributed by atoms with van der Waals surface area (Å²) in [6.45, 7) is 1.44. The molecule has 0 bridgehead atoms. The Morgan fingerprint density at radius 3 is 2.71 bits per heavy atom. The molecular formula is C21H25N3O4. The fraction of sp³-hybridized carbons (Fsp3) is 0.381. The molecule has 0 spiro atoms. The van der Waals surface area contributed by atoms with Gasteiger partial charge in [0.05, 0.1) is 19.3 Å². The zero-order chi connectivity index (χ0) is 20.1. The number of hydrogen-bond acceptors (Lipinski definition) is 5. The number of methoxy groups -OCH3 is 1. The SMILES string of the molecule is COCCN1C(=O)COCC1c1cnccc1-c1ccc(C(=O)N(C)C)cc1. The van der Waals surface area contributed by atoms with Crippen LogP contribution in [-0.4, -0.2) is 74.2 Å². The van der Waals surface area contributed by atoms with Crippen molar-refractivity contribution in [3.05, 3.63) is 53.9 Å². The highest BCUT2D eigenvalue weighted by Crippen LogP contribution is 2.33. The van der Waals surface area contributed by atoms with Gasteiger partial charge in [0.15, 0.2) is 0 Å². The molecule has 1 atom stereocenters. The molecule has 0 N–H and O–H groups in total. The molecule has 0 radical (unpaired) electrons. The van der Waals surface area contributed by atoms with Gasteiger partial charge in [0.2, 0.25) is 5.91 Å². The summed E-state index contributed by atoms with van der Waals surface area (Å²) in [7, 11) is 5.07. The highest BCUT2D eigenvalue weighted by Gasteiger charge is 2.31. The van der Waals surface area contributed by atoms with E-state index in [9.17, 15) is 9.59 Å². The second-order valence-corrected chi connectivity index (χ2v) is 6.85. The molecule has 0 aliphatic carbocycles. The number of benzene rings is 1. The summed E-state index contributed by atoms with van der Waals surface area (Å²) in [5, 5.41) is 0. The van der Waals surface area contributed by atoms with Crippen molar-refractivity contribution in [2.75, 3.05) is 47.6 Å². The number of amides is 2. The van der Waals surface area contributed by atoms with Crippen LogP contribution in [0.15, 0.2) is 42.7 Å². The average Bonchev–Trinajstić information content (AvgIpc) is 2.72. The van der Waals surface area contributed by atoms with E-state index in [-0.39, 0.29) is 24.5 Å². The van der Waals surface area contributed by atoms with Crippen LogP contribution in [0.5, 0.6) is 0 Å². The third-order valence-electron chi connectivity index (χ3n) is 4.79. The smallest absolute Gasteiger partial charge is 0.253 e. The second-order valence-electron chi connectivity index (χ2n) is 6.85. The fourth-order valence-electron chi connectivity index (χ4n) is 3.32. The lowest BCUT2D eigenvalue weighted by atomic mass is 9.95. The summed E-state index contributed by atoms with van der Waals surface area (Å²) < 4.78 is 10.7. The van der Waals surface area contributed by atoms with E-state index in [2.05, 4.69) is 4.98 Å². The van der Waals surface area contributed by atoms with Gasteiger partial charge in [-0.2, -0.15) is 0 Å². The molecule has 1 aromatic heterocycles. The Morgan fingerprint density at radius 2 is 2.04 bits per heavy atom. The molecular weight excluding hydrogens is 358 g/mol. The van der Waals surface area contributed by atoms with Crippen molar-refractivity contribution in [1.82, 2.24) is 14.8 Å². The standard InChI is InChI=1S/C21H25N3O4/c1-23(2)21(26)16-6-4-15(5-7-16)17-8-9-22-12-18(17)19-13-28-14-20(25)24(19)10-11-27-3/h4-9,12,19H,10-11,13-14H2,1-3H3. The predicted molar refractivity (Wildman–Crippen MR) is 105 cm³/mol. The minimum absolute atomic E-state index is 0.0430. The molecule has 1 aromatic carbocycles. The number of rotatable bonds is 6. The Labute approximate surface area is 164 Å². The normalized spacial score (nSPS) is 16.9. The van der Waals surface area contributed by atoms with Crippen LogP contribution in [0.4, 0.5) is 0 Å². The zero-order valence-corrected chi connectivity index (χ0v) is 16.4. The molecule has 2 aromatic rings. The van der Waals surface area contributed by atoms with Crippen molar-refractivity contribution in [2.45, 2.75) is 6.04 Å². The fourth-order valence-corrected chi connectivity index (χ4v) is 3.32. The van der Waals surface area contributed by atoms with Crippen molar-refractivity contribution >= 4 is 11.8 Å². The number of morpholine rings is 1. The van der Waals surface area contributed by atoms with Crippen molar-refractivity contribution in [3.8, 4) is 11.1 Å². The van der Waals surface area contributed by atoms with Crippen molar-refractivity contribution < 1.29 is 19.1 Å². The van der Waals surface area contributed by atoms with Crippen LogP contribution in [0.3, 0.4) is 0 Å². The third kappa shape index (κ3) is 4.21. The first kappa shape index (κ1) is 20.0. The largest absolute Gasteiger partial charge is 0.383 e. The van der Waals surface area contributed by atoms with E-state index in [0.717, 1.165) is 16.7 Å². The van der Waals surface area contributed by atoms with Crippen LogP contribution in [0.1, 0.15) is 22.0 Å². The van der Waals surface area contributed by atoms with Gasteiger partial charge in [-0.05, 0) is 29.3 Å². The van der Waals surface area contributed by atoms with Crippen LogP contribution in [0, 0.1) is 0 Å². The highest BCUT2D eigenvalue weighted by molar-refractivity contribution is 5.94. The molecule has 2 amide bonds. The molecule has 148 valence electrons. The molecule has 7 nitrogen and oxygen atoms in total. The summed E-state index contributed by atoms with van der Waals surface area (Å²) >= 11 is 0. The maximum Gasteiger partial charge on any atom is 0.253 e. The molecule has 1 unspecified atom stereocenters. The van der Waals surface area contributed by atoms with Crippen molar-refractivity contribution in [3.63, 3.8) is 0 Å².